The Bertz CT molecular complexity index is 496. The number of rotatable bonds is 7. The molecule has 0 aromatic carbocycles. The summed E-state index contributed by atoms with van der Waals surface area (Å²) in [5.74, 6) is -1.45. The van der Waals surface area contributed by atoms with E-state index in [0.717, 1.165) is 0 Å². The molecule has 0 fully saturated rings. The van der Waals surface area contributed by atoms with Crippen molar-refractivity contribution < 1.29 is 17.9 Å². The molecular weight excluding hydrogens is 260 g/mol. The summed E-state index contributed by atoms with van der Waals surface area (Å²) < 4.78 is 31.2. The minimum atomic E-state index is -3.66. The molecule has 0 aliphatic carbocycles. The second-order valence-corrected chi connectivity index (χ2v) is 5.30. The zero-order valence-electron chi connectivity index (χ0n) is 10.00. The first-order valence-electron chi connectivity index (χ1n) is 5.34. The van der Waals surface area contributed by atoms with E-state index >= 15 is 0 Å². The van der Waals surface area contributed by atoms with Gasteiger partial charge in [0.2, 0.25) is 10.0 Å². The fraction of sp³-hybridized carbons (Fsp3) is 0.556. The summed E-state index contributed by atoms with van der Waals surface area (Å²) in [5, 5.41) is 3.89. The van der Waals surface area contributed by atoms with Gasteiger partial charge >= 0.3 is 5.97 Å². The van der Waals surface area contributed by atoms with E-state index in [2.05, 4.69) is 14.6 Å². The Hall–Kier alpha value is -1.61. The molecule has 0 bridgehead atoms. The number of sulfonamides is 1. The molecule has 0 radical (unpaired) electrons. The van der Waals surface area contributed by atoms with E-state index in [4.69, 9.17) is 5.73 Å². The van der Waals surface area contributed by atoms with Crippen LogP contribution in [0.25, 0.3) is 0 Å². The molecule has 0 unspecified atom stereocenters. The SMILES string of the molecule is CCOC(=O)CS(=O)(=O)NCCn1cc(N)cn1. The number of hydrogen-bond acceptors (Lipinski definition) is 6. The Balaban J connectivity index is 2.35. The molecule has 1 aromatic rings. The second kappa shape index (κ2) is 6.36. The molecule has 0 saturated carbocycles. The summed E-state index contributed by atoms with van der Waals surface area (Å²) in [6.07, 6.45) is 3.05. The summed E-state index contributed by atoms with van der Waals surface area (Å²) in [6.45, 7) is 2.23. The molecule has 102 valence electrons. The van der Waals surface area contributed by atoms with Gasteiger partial charge in [0, 0.05) is 12.7 Å². The quantitative estimate of drug-likeness (QED) is 0.614. The predicted octanol–water partition coefficient (Wildman–Crippen LogP) is -1.05. The number of carbonyl (C=O) groups excluding carboxylic acids is 1. The molecule has 0 saturated heterocycles. The number of hydrogen-bond donors (Lipinski definition) is 2. The molecule has 0 aliphatic heterocycles. The van der Waals surface area contributed by atoms with Crippen molar-refractivity contribution in [2.45, 2.75) is 13.5 Å². The number of esters is 1. The summed E-state index contributed by atoms with van der Waals surface area (Å²) in [7, 11) is -3.66. The fourth-order valence-electron chi connectivity index (χ4n) is 1.23. The first-order valence-corrected chi connectivity index (χ1v) is 6.99. The van der Waals surface area contributed by atoms with Crippen LogP contribution < -0.4 is 10.5 Å². The van der Waals surface area contributed by atoms with Gasteiger partial charge in [-0.2, -0.15) is 5.10 Å². The van der Waals surface area contributed by atoms with Gasteiger partial charge in [0.05, 0.1) is 25.0 Å². The highest BCUT2D eigenvalue weighted by Gasteiger charge is 2.16. The smallest absolute Gasteiger partial charge is 0.322 e. The third-order valence-electron chi connectivity index (χ3n) is 1.93. The normalized spacial score (nSPS) is 11.4. The number of nitrogens with two attached hydrogens (primary N) is 1. The van der Waals surface area contributed by atoms with Crippen molar-refractivity contribution in [3.63, 3.8) is 0 Å². The number of nitrogens with zero attached hydrogens (tertiary/aromatic N) is 2. The van der Waals surface area contributed by atoms with E-state index in [1.165, 1.54) is 10.9 Å². The molecule has 1 aromatic heterocycles. The molecule has 8 nitrogen and oxygen atoms in total. The lowest BCUT2D eigenvalue weighted by molar-refractivity contribution is -0.139. The third kappa shape index (κ3) is 5.15. The van der Waals surface area contributed by atoms with Crippen LogP contribution in [0, 0.1) is 0 Å². The molecule has 1 rings (SSSR count). The second-order valence-electron chi connectivity index (χ2n) is 3.50. The third-order valence-corrected chi connectivity index (χ3v) is 3.19. The van der Waals surface area contributed by atoms with Crippen molar-refractivity contribution in [3.05, 3.63) is 12.4 Å². The van der Waals surface area contributed by atoms with Gasteiger partial charge in [0.25, 0.3) is 0 Å². The van der Waals surface area contributed by atoms with E-state index in [1.54, 1.807) is 13.1 Å². The predicted molar refractivity (Wildman–Crippen MR) is 65.1 cm³/mol. The summed E-state index contributed by atoms with van der Waals surface area (Å²) in [5.41, 5.74) is 5.96. The molecule has 3 N–H and O–H groups in total. The fourth-order valence-corrected chi connectivity index (χ4v) is 2.12. The number of nitrogens with one attached hydrogen (secondary N) is 1. The van der Waals surface area contributed by atoms with Crippen LogP contribution in [0.2, 0.25) is 0 Å². The van der Waals surface area contributed by atoms with Crippen LogP contribution in [0.15, 0.2) is 12.4 Å². The van der Waals surface area contributed by atoms with E-state index in [9.17, 15) is 13.2 Å². The Morgan fingerprint density at radius 2 is 2.33 bits per heavy atom. The van der Waals surface area contributed by atoms with Crippen molar-refractivity contribution in [1.82, 2.24) is 14.5 Å². The van der Waals surface area contributed by atoms with Crippen molar-refractivity contribution in [2.75, 3.05) is 24.6 Å². The Morgan fingerprint density at radius 1 is 1.61 bits per heavy atom. The van der Waals surface area contributed by atoms with Crippen molar-refractivity contribution in [3.8, 4) is 0 Å². The first-order chi connectivity index (χ1) is 8.43. The van der Waals surface area contributed by atoms with Crippen LogP contribution in [-0.4, -0.2) is 43.1 Å². The highest BCUT2D eigenvalue weighted by Crippen LogP contribution is 1.97. The molecule has 0 atom stereocenters. The van der Waals surface area contributed by atoms with E-state index in [-0.39, 0.29) is 13.2 Å². The minimum absolute atomic E-state index is 0.128. The maximum absolute atomic E-state index is 11.4. The number of anilines is 1. The highest BCUT2D eigenvalue weighted by molar-refractivity contribution is 7.90. The average molecular weight is 276 g/mol. The van der Waals surface area contributed by atoms with Crippen molar-refractivity contribution in [2.24, 2.45) is 0 Å². The maximum Gasteiger partial charge on any atom is 0.322 e. The van der Waals surface area contributed by atoms with Crippen LogP contribution in [0.1, 0.15) is 6.92 Å². The van der Waals surface area contributed by atoms with Gasteiger partial charge in [-0.05, 0) is 6.92 Å². The molecule has 9 heteroatoms. The first kappa shape index (κ1) is 14.5. The monoisotopic (exact) mass is 276 g/mol. The Kier molecular flexibility index (Phi) is 5.10. The number of carbonyl (C=O) groups is 1. The standard InChI is InChI=1S/C9H16N4O4S/c1-2-17-9(14)7-18(15,16)12-3-4-13-6-8(10)5-11-13/h5-6,12H,2-4,7,10H2,1H3. The summed E-state index contributed by atoms with van der Waals surface area (Å²) >= 11 is 0. The minimum Gasteiger partial charge on any atom is -0.465 e. The van der Waals surface area contributed by atoms with E-state index in [0.29, 0.717) is 12.2 Å². The molecule has 18 heavy (non-hydrogen) atoms. The van der Waals surface area contributed by atoms with Gasteiger partial charge in [-0.3, -0.25) is 9.48 Å². The van der Waals surface area contributed by atoms with E-state index in [1.807, 2.05) is 0 Å². The van der Waals surface area contributed by atoms with Gasteiger partial charge in [-0.15, -0.1) is 0 Å². The molecule has 1 heterocycles. The van der Waals surface area contributed by atoms with Crippen molar-refractivity contribution >= 4 is 21.7 Å². The summed E-state index contributed by atoms with van der Waals surface area (Å²) in [6, 6.07) is 0. The van der Waals surface area contributed by atoms with Crippen LogP contribution in [0.5, 0.6) is 0 Å². The van der Waals surface area contributed by atoms with Crippen LogP contribution >= 0.6 is 0 Å². The Labute approximate surface area is 105 Å². The van der Waals surface area contributed by atoms with Gasteiger partial charge in [-0.1, -0.05) is 0 Å². The molecule has 0 spiro atoms. The molecule has 0 aliphatic rings. The average Bonchev–Trinajstić information content (AvgIpc) is 2.63. The largest absolute Gasteiger partial charge is 0.465 e. The Morgan fingerprint density at radius 3 is 2.89 bits per heavy atom. The number of aromatic nitrogens is 2. The molecular formula is C9H16N4O4S. The lowest BCUT2D eigenvalue weighted by Crippen LogP contribution is -2.33. The topological polar surface area (TPSA) is 116 Å². The number of ether oxygens (including phenoxy) is 1. The van der Waals surface area contributed by atoms with E-state index < -0.39 is 21.7 Å². The van der Waals surface area contributed by atoms with Gasteiger partial charge in [0.15, 0.2) is 5.75 Å². The highest BCUT2D eigenvalue weighted by atomic mass is 32.2. The zero-order valence-corrected chi connectivity index (χ0v) is 10.8. The van der Waals surface area contributed by atoms with Gasteiger partial charge in [-0.25, -0.2) is 13.1 Å². The van der Waals surface area contributed by atoms with Gasteiger partial charge < -0.3 is 10.5 Å². The lowest BCUT2D eigenvalue weighted by Gasteiger charge is -2.06. The van der Waals surface area contributed by atoms with Gasteiger partial charge in [0.1, 0.15) is 0 Å². The zero-order chi connectivity index (χ0) is 13.6. The lowest BCUT2D eigenvalue weighted by atomic mass is 10.6. The maximum atomic E-state index is 11.4. The van der Waals surface area contributed by atoms with Crippen LogP contribution in [0.4, 0.5) is 5.69 Å². The van der Waals surface area contributed by atoms with Crippen LogP contribution in [0.3, 0.4) is 0 Å². The van der Waals surface area contributed by atoms with Crippen LogP contribution in [-0.2, 0) is 26.1 Å². The number of nitrogen functional groups attached to an aromatic ring is 1. The molecule has 0 amide bonds. The summed E-state index contributed by atoms with van der Waals surface area (Å²) in [4.78, 5) is 11.0. The van der Waals surface area contributed by atoms with Crippen molar-refractivity contribution in [1.29, 1.82) is 0 Å².